The average molecular weight is 329 g/mol. The number of hydrogen-bond acceptors (Lipinski definition) is 2. The van der Waals surface area contributed by atoms with Crippen LogP contribution in [0, 0.1) is 29.3 Å². The first kappa shape index (κ1) is 14.8. The van der Waals surface area contributed by atoms with Gasteiger partial charge in [0, 0.05) is 5.69 Å². The molecule has 9 heteroatoms. The molecule has 0 aliphatic carbocycles. The number of anilines is 2. The van der Waals surface area contributed by atoms with Crippen LogP contribution >= 0.6 is 23.2 Å². The lowest BCUT2D eigenvalue weighted by molar-refractivity contribution is 0.411. The maximum absolute atomic E-state index is 13.4. The summed E-state index contributed by atoms with van der Waals surface area (Å²) in [6, 6.07) is 1.88. The molecule has 1 aromatic heterocycles. The molecule has 0 saturated carbocycles. The van der Waals surface area contributed by atoms with E-state index in [-0.39, 0.29) is 5.69 Å². The summed E-state index contributed by atoms with van der Waals surface area (Å²) in [7, 11) is 0. The summed E-state index contributed by atoms with van der Waals surface area (Å²) in [4.78, 5) is 2.39. The summed E-state index contributed by atoms with van der Waals surface area (Å²) in [6.45, 7) is 0. The molecule has 0 aliphatic heterocycles. The van der Waals surface area contributed by atoms with Crippen LogP contribution in [-0.4, -0.2) is 4.98 Å². The Hall–Kier alpha value is -1.60. The van der Waals surface area contributed by atoms with Crippen molar-refractivity contribution in [3.63, 3.8) is 0 Å². The molecule has 2 rings (SSSR count). The molecule has 0 atom stereocenters. The van der Waals surface area contributed by atoms with Crippen LogP contribution < -0.4 is 5.32 Å². The smallest absolute Gasteiger partial charge is 0.253 e. The Labute approximate surface area is 119 Å². The number of aromatic nitrogens is 1. The van der Waals surface area contributed by atoms with E-state index in [0.717, 1.165) is 12.1 Å². The Balaban J connectivity index is 2.50. The maximum atomic E-state index is 13.4. The van der Waals surface area contributed by atoms with E-state index in [0.29, 0.717) is 0 Å². The van der Waals surface area contributed by atoms with Gasteiger partial charge in [0.05, 0.1) is 10.0 Å². The van der Waals surface area contributed by atoms with Gasteiger partial charge >= 0.3 is 0 Å². The first-order valence-electron chi connectivity index (χ1n) is 4.92. The van der Waals surface area contributed by atoms with Gasteiger partial charge in [0.15, 0.2) is 5.82 Å². The van der Waals surface area contributed by atoms with E-state index in [9.17, 15) is 22.0 Å². The van der Waals surface area contributed by atoms with Crippen molar-refractivity contribution in [3.05, 3.63) is 51.5 Å². The molecule has 0 saturated heterocycles. The molecular formula is C11H3Cl2F5N2. The summed E-state index contributed by atoms with van der Waals surface area (Å²) in [5.41, 5.74) is -1.29. The molecule has 1 heterocycles. The summed E-state index contributed by atoms with van der Waals surface area (Å²) >= 11 is 11.0. The summed E-state index contributed by atoms with van der Waals surface area (Å²) in [6.07, 6.45) is 0. The van der Waals surface area contributed by atoms with Crippen molar-refractivity contribution in [2.24, 2.45) is 0 Å². The van der Waals surface area contributed by atoms with E-state index in [4.69, 9.17) is 23.2 Å². The van der Waals surface area contributed by atoms with Crippen LogP contribution in [0.15, 0.2) is 12.1 Å². The first-order chi connectivity index (χ1) is 9.31. The average Bonchev–Trinajstić information content (AvgIpc) is 2.38. The predicted molar refractivity (Wildman–Crippen MR) is 63.8 cm³/mol. The lowest BCUT2D eigenvalue weighted by Gasteiger charge is -2.10. The van der Waals surface area contributed by atoms with Gasteiger partial charge in [-0.3, -0.25) is 0 Å². The third kappa shape index (κ3) is 2.64. The first-order valence-corrected chi connectivity index (χ1v) is 5.68. The molecule has 1 N–H and O–H groups in total. The largest absolute Gasteiger partial charge is 0.350 e. The molecule has 0 spiro atoms. The summed E-state index contributed by atoms with van der Waals surface area (Å²) < 4.78 is 65.7. The van der Waals surface area contributed by atoms with Crippen LogP contribution in [0.2, 0.25) is 10.0 Å². The monoisotopic (exact) mass is 328 g/mol. The van der Waals surface area contributed by atoms with Gasteiger partial charge in [-0.2, -0.15) is 22.5 Å². The van der Waals surface area contributed by atoms with Crippen LogP contribution in [0.25, 0.3) is 0 Å². The zero-order valence-electron chi connectivity index (χ0n) is 9.25. The van der Waals surface area contributed by atoms with Gasteiger partial charge in [-0.25, -0.2) is 4.39 Å². The zero-order chi connectivity index (χ0) is 15.0. The van der Waals surface area contributed by atoms with E-state index >= 15 is 0 Å². The third-order valence-corrected chi connectivity index (χ3v) is 2.80. The summed E-state index contributed by atoms with van der Waals surface area (Å²) in [5.74, 6) is -8.07. The van der Waals surface area contributed by atoms with Crippen LogP contribution in [-0.2, 0) is 0 Å². The van der Waals surface area contributed by atoms with Gasteiger partial charge in [-0.05, 0) is 12.1 Å². The second kappa shape index (κ2) is 5.41. The van der Waals surface area contributed by atoms with Crippen LogP contribution in [0.5, 0.6) is 0 Å². The number of benzene rings is 1. The minimum absolute atomic E-state index is 0.163. The molecule has 20 heavy (non-hydrogen) atoms. The highest BCUT2D eigenvalue weighted by Gasteiger charge is 2.21. The number of pyridine rings is 1. The van der Waals surface area contributed by atoms with Gasteiger partial charge in [-0.1, -0.05) is 23.2 Å². The molecule has 0 fully saturated rings. The maximum Gasteiger partial charge on any atom is 0.253 e. The molecule has 0 aliphatic rings. The van der Waals surface area contributed by atoms with Gasteiger partial charge < -0.3 is 5.32 Å². The second-order valence-electron chi connectivity index (χ2n) is 3.58. The Morgan fingerprint density at radius 3 is 1.70 bits per heavy atom. The molecule has 0 bridgehead atoms. The Bertz CT molecular complexity index is 644. The molecule has 1 aromatic carbocycles. The fourth-order valence-corrected chi connectivity index (χ4v) is 1.86. The minimum Gasteiger partial charge on any atom is -0.350 e. The third-order valence-electron chi connectivity index (χ3n) is 2.25. The van der Waals surface area contributed by atoms with Crippen molar-refractivity contribution in [2.45, 2.75) is 0 Å². The van der Waals surface area contributed by atoms with E-state index in [1.165, 1.54) is 0 Å². The fourth-order valence-electron chi connectivity index (χ4n) is 1.37. The molecule has 0 radical (unpaired) electrons. The lowest BCUT2D eigenvalue weighted by atomic mass is 10.2. The van der Waals surface area contributed by atoms with E-state index in [2.05, 4.69) is 4.98 Å². The Morgan fingerprint density at radius 2 is 1.25 bits per heavy atom. The summed E-state index contributed by atoms with van der Waals surface area (Å²) in [5, 5.41) is 1.16. The highest BCUT2D eigenvalue weighted by atomic mass is 35.5. The van der Waals surface area contributed by atoms with Crippen LogP contribution in [0.4, 0.5) is 33.3 Å². The fraction of sp³-hybridized carbons (Fsp3) is 0. The SMILES string of the molecule is Fc1nc(F)c(F)c(Nc2cc(Cl)c(F)c(Cl)c2)c1F. The van der Waals surface area contributed by atoms with Gasteiger partial charge in [0.2, 0.25) is 11.6 Å². The van der Waals surface area contributed by atoms with Crippen molar-refractivity contribution in [1.82, 2.24) is 4.98 Å². The number of halogens is 7. The molecule has 0 unspecified atom stereocenters. The van der Waals surface area contributed by atoms with Crippen molar-refractivity contribution < 1.29 is 22.0 Å². The van der Waals surface area contributed by atoms with Gasteiger partial charge in [0.1, 0.15) is 5.69 Å². The Kier molecular flexibility index (Phi) is 4.01. The number of hydrogen-bond donors (Lipinski definition) is 1. The van der Waals surface area contributed by atoms with E-state index < -0.39 is 45.1 Å². The van der Waals surface area contributed by atoms with Gasteiger partial charge in [0.25, 0.3) is 11.9 Å². The van der Waals surface area contributed by atoms with Crippen LogP contribution in [0.3, 0.4) is 0 Å². The normalized spacial score (nSPS) is 10.8. The predicted octanol–water partition coefficient (Wildman–Crippen LogP) is 4.83. The van der Waals surface area contributed by atoms with Crippen molar-refractivity contribution in [1.29, 1.82) is 0 Å². The Morgan fingerprint density at radius 1 is 0.800 bits per heavy atom. The van der Waals surface area contributed by atoms with Crippen molar-refractivity contribution in [2.75, 3.05) is 5.32 Å². The molecular weight excluding hydrogens is 326 g/mol. The van der Waals surface area contributed by atoms with E-state index in [1.807, 2.05) is 5.32 Å². The molecule has 2 nitrogen and oxygen atoms in total. The molecule has 2 aromatic rings. The van der Waals surface area contributed by atoms with Crippen molar-refractivity contribution in [3.8, 4) is 0 Å². The van der Waals surface area contributed by atoms with Gasteiger partial charge in [-0.15, -0.1) is 0 Å². The highest BCUT2D eigenvalue weighted by molar-refractivity contribution is 6.35. The van der Waals surface area contributed by atoms with Crippen LogP contribution in [0.1, 0.15) is 0 Å². The minimum atomic E-state index is -1.83. The lowest BCUT2D eigenvalue weighted by Crippen LogP contribution is -2.06. The highest BCUT2D eigenvalue weighted by Crippen LogP contribution is 2.31. The number of rotatable bonds is 2. The number of nitrogens with one attached hydrogen (secondary N) is 1. The number of nitrogens with zero attached hydrogens (tertiary/aromatic N) is 1. The van der Waals surface area contributed by atoms with E-state index in [1.54, 1.807) is 0 Å². The molecule has 106 valence electrons. The second-order valence-corrected chi connectivity index (χ2v) is 4.39. The topological polar surface area (TPSA) is 24.9 Å². The quantitative estimate of drug-likeness (QED) is 0.485. The zero-order valence-corrected chi connectivity index (χ0v) is 10.8. The molecule has 0 amide bonds. The van der Waals surface area contributed by atoms with Crippen molar-refractivity contribution >= 4 is 34.6 Å². The standard InChI is InChI=1S/C11H3Cl2F5N2/c12-4-1-3(2-5(13)6(4)14)19-9-7(15)10(17)20-11(18)8(9)16/h1-2H,(H,19,20).